The molecule has 0 spiro atoms. The summed E-state index contributed by atoms with van der Waals surface area (Å²) in [4.78, 5) is 16.4. The Labute approximate surface area is 129 Å². The van der Waals surface area contributed by atoms with Crippen molar-refractivity contribution in [3.05, 3.63) is 30.2 Å². The number of nitrogens with one attached hydrogen (secondary N) is 1. The van der Waals surface area contributed by atoms with Gasteiger partial charge in [-0.25, -0.2) is 9.50 Å². The van der Waals surface area contributed by atoms with E-state index in [0.717, 1.165) is 6.42 Å². The molecule has 0 aromatic carbocycles. The van der Waals surface area contributed by atoms with E-state index in [1.54, 1.807) is 29.2 Å². The molecule has 2 atom stereocenters. The van der Waals surface area contributed by atoms with Crippen molar-refractivity contribution < 1.29 is 9.53 Å². The van der Waals surface area contributed by atoms with Crippen molar-refractivity contribution in [2.75, 3.05) is 13.2 Å². The zero-order valence-corrected chi connectivity index (χ0v) is 12.9. The van der Waals surface area contributed by atoms with Crippen LogP contribution >= 0.6 is 0 Å². The van der Waals surface area contributed by atoms with Crippen molar-refractivity contribution >= 4 is 11.6 Å². The Hall–Kier alpha value is -1.95. The Morgan fingerprint density at radius 2 is 2.32 bits per heavy atom. The molecule has 6 heteroatoms. The summed E-state index contributed by atoms with van der Waals surface area (Å²) < 4.78 is 7.49. The molecule has 1 aliphatic carbocycles. The fraction of sp³-hybridized carbons (Fsp3) is 0.562. The number of fused-ring (bicyclic) bond motifs is 1. The van der Waals surface area contributed by atoms with E-state index >= 15 is 0 Å². The summed E-state index contributed by atoms with van der Waals surface area (Å²) in [5, 5.41) is 6.99. The molecule has 0 unspecified atom stereocenters. The average Bonchev–Trinajstić information content (AvgIpc) is 2.97. The van der Waals surface area contributed by atoms with E-state index in [1.807, 2.05) is 0 Å². The highest BCUT2D eigenvalue weighted by Gasteiger charge is 2.21. The number of carbonyl (C=O) groups excluding carboxylic acids is 1. The maximum atomic E-state index is 12.2. The van der Waals surface area contributed by atoms with Crippen LogP contribution in [0.2, 0.25) is 0 Å². The molecule has 22 heavy (non-hydrogen) atoms. The Balaban J connectivity index is 1.48. The van der Waals surface area contributed by atoms with Crippen LogP contribution in [0.25, 0.3) is 5.65 Å². The first-order valence-electron chi connectivity index (χ1n) is 7.94. The van der Waals surface area contributed by atoms with E-state index in [0.29, 0.717) is 36.4 Å². The predicted octanol–water partition coefficient (Wildman–Crippen LogP) is 2.05. The van der Waals surface area contributed by atoms with Crippen LogP contribution < -0.4 is 5.32 Å². The highest BCUT2D eigenvalue weighted by atomic mass is 16.5. The lowest BCUT2D eigenvalue weighted by atomic mass is 9.88. The molecule has 0 saturated heterocycles. The molecular formula is C16H22N4O2. The Kier molecular flexibility index (Phi) is 4.68. The van der Waals surface area contributed by atoms with E-state index in [2.05, 4.69) is 22.3 Å². The second-order valence-corrected chi connectivity index (χ2v) is 5.87. The molecular weight excluding hydrogens is 280 g/mol. The standard InChI is InChI=1S/C16H22N4O2/c1-12-5-2-3-6-14(12)22-10-8-18-16(21)13-11-19-20-9-4-7-17-15(13)20/h4,7,9,11-12,14H,2-3,5-6,8,10H2,1H3,(H,18,21)/t12-,14-/m0/s1. The molecule has 0 aliphatic heterocycles. The maximum Gasteiger partial charge on any atom is 0.256 e. The lowest BCUT2D eigenvalue weighted by molar-refractivity contribution is -0.00293. The minimum absolute atomic E-state index is 0.158. The number of amides is 1. The largest absolute Gasteiger partial charge is 0.376 e. The molecule has 1 aliphatic rings. The normalized spacial score (nSPS) is 21.9. The van der Waals surface area contributed by atoms with Crippen molar-refractivity contribution in [1.82, 2.24) is 19.9 Å². The van der Waals surface area contributed by atoms with Crippen LogP contribution in [0, 0.1) is 5.92 Å². The number of hydrogen-bond donors (Lipinski definition) is 1. The smallest absolute Gasteiger partial charge is 0.256 e. The van der Waals surface area contributed by atoms with Crippen LogP contribution in [-0.2, 0) is 4.74 Å². The van der Waals surface area contributed by atoms with Crippen molar-refractivity contribution in [3.8, 4) is 0 Å². The molecule has 1 N–H and O–H groups in total. The fourth-order valence-electron chi connectivity index (χ4n) is 2.99. The molecule has 1 saturated carbocycles. The number of aromatic nitrogens is 3. The highest BCUT2D eigenvalue weighted by molar-refractivity contribution is 5.99. The summed E-state index contributed by atoms with van der Waals surface area (Å²) in [6, 6.07) is 1.78. The predicted molar refractivity (Wildman–Crippen MR) is 82.7 cm³/mol. The Bertz CT molecular complexity index is 640. The van der Waals surface area contributed by atoms with Gasteiger partial charge in [0.25, 0.3) is 5.91 Å². The number of hydrogen-bond acceptors (Lipinski definition) is 4. The van der Waals surface area contributed by atoms with E-state index < -0.39 is 0 Å². The first-order valence-corrected chi connectivity index (χ1v) is 7.94. The van der Waals surface area contributed by atoms with Gasteiger partial charge in [-0.3, -0.25) is 4.79 Å². The summed E-state index contributed by atoms with van der Waals surface area (Å²) >= 11 is 0. The number of ether oxygens (including phenoxy) is 1. The van der Waals surface area contributed by atoms with Crippen LogP contribution in [0.15, 0.2) is 24.7 Å². The van der Waals surface area contributed by atoms with Gasteiger partial charge in [-0.1, -0.05) is 19.8 Å². The molecule has 0 bridgehead atoms. The molecule has 6 nitrogen and oxygen atoms in total. The minimum atomic E-state index is -0.158. The van der Waals surface area contributed by atoms with Crippen LogP contribution in [0.1, 0.15) is 43.0 Å². The van der Waals surface area contributed by atoms with Crippen molar-refractivity contribution in [2.45, 2.75) is 38.7 Å². The molecule has 1 fully saturated rings. The molecule has 2 heterocycles. The summed E-state index contributed by atoms with van der Waals surface area (Å²) in [7, 11) is 0. The first kappa shape index (κ1) is 15.0. The topological polar surface area (TPSA) is 68.5 Å². The monoisotopic (exact) mass is 302 g/mol. The quantitative estimate of drug-likeness (QED) is 0.858. The van der Waals surface area contributed by atoms with Crippen LogP contribution in [-0.4, -0.2) is 39.8 Å². The highest BCUT2D eigenvalue weighted by Crippen LogP contribution is 2.25. The second-order valence-electron chi connectivity index (χ2n) is 5.87. The number of rotatable bonds is 5. The van der Waals surface area contributed by atoms with E-state index in [4.69, 9.17) is 4.74 Å². The molecule has 118 valence electrons. The van der Waals surface area contributed by atoms with Gasteiger partial charge in [0.2, 0.25) is 0 Å². The summed E-state index contributed by atoms with van der Waals surface area (Å²) in [5.74, 6) is 0.460. The van der Waals surface area contributed by atoms with Gasteiger partial charge in [0.05, 0.1) is 18.9 Å². The molecule has 2 aromatic rings. The lowest BCUT2D eigenvalue weighted by Gasteiger charge is -2.28. The number of carbonyl (C=O) groups is 1. The molecule has 1 amide bonds. The molecule has 3 rings (SSSR count). The third-order valence-electron chi connectivity index (χ3n) is 4.28. The summed E-state index contributed by atoms with van der Waals surface area (Å²) in [5.41, 5.74) is 1.06. The van der Waals surface area contributed by atoms with Gasteiger partial charge in [0.15, 0.2) is 5.65 Å². The Morgan fingerprint density at radius 1 is 1.45 bits per heavy atom. The fourth-order valence-corrected chi connectivity index (χ4v) is 2.99. The van der Waals surface area contributed by atoms with Crippen molar-refractivity contribution in [2.24, 2.45) is 5.92 Å². The lowest BCUT2D eigenvalue weighted by Crippen LogP contribution is -2.31. The second kappa shape index (κ2) is 6.87. The average molecular weight is 302 g/mol. The van der Waals surface area contributed by atoms with Gasteiger partial charge >= 0.3 is 0 Å². The zero-order valence-electron chi connectivity index (χ0n) is 12.9. The van der Waals surface area contributed by atoms with Gasteiger partial charge in [-0.15, -0.1) is 0 Å². The van der Waals surface area contributed by atoms with Gasteiger partial charge in [-0.05, 0) is 24.8 Å². The van der Waals surface area contributed by atoms with Gasteiger partial charge in [0, 0.05) is 18.9 Å². The van der Waals surface area contributed by atoms with Crippen molar-refractivity contribution in [1.29, 1.82) is 0 Å². The molecule has 0 radical (unpaired) electrons. The minimum Gasteiger partial charge on any atom is -0.376 e. The van der Waals surface area contributed by atoms with Gasteiger partial charge in [0.1, 0.15) is 5.56 Å². The van der Waals surface area contributed by atoms with Crippen LogP contribution in [0.4, 0.5) is 0 Å². The molecule has 2 aromatic heterocycles. The van der Waals surface area contributed by atoms with Gasteiger partial charge in [-0.2, -0.15) is 5.10 Å². The summed E-state index contributed by atoms with van der Waals surface area (Å²) in [6.45, 7) is 3.30. The third kappa shape index (κ3) is 3.27. The maximum absolute atomic E-state index is 12.2. The SMILES string of the molecule is C[C@H]1CCCC[C@@H]1OCCNC(=O)c1cnn2cccnc12. The van der Waals surface area contributed by atoms with Gasteiger partial charge < -0.3 is 10.1 Å². The van der Waals surface area contributed by atoms with E-state index in [-0.39, 0.29) is 5.91 Å². The van der Waals surface area contributed by atoms with E-state index in [1.165, 1.54) is 19.3 Å². The number of nitrogens with zero attached hydrogens (tertiary/aromatic N) is 3. The van der Waals surface area contributed by atoms with Crippen LogP contribution in [0.3, 0.4) is 0 Å². The first-order chi connectivity index (χ1) is 10.8. The van der Waals surface area contributed by atoms with Crippen molar-refractivity contribution in [3.63, 3.8) is 0 Å². The van der Waals surface area contributed by atoms with E-state index in [9.17, 15) is 4.79 Å². The summed E-state index contributed by atoms with van der Waals surface area (Å²) in [6.07, 6.45) is 10.2. The zero-order chi connectivity index (χ0) is 15.4. The third-order valence-corrected chi connectivity index (χ3v) is 4.28. The van der Waals surface area contributed by atoms with Crippen LogP contribution in [0.5, 0.6) is 0 Å². The Morgan fingerprint density at radius 3 is 3.18 bits per heavy atom.